The van der Waals surface area contributed by atoms with Gasteiger partial charge in [-0.05, 0) is 33.6 Å². The molecule has 23 heavy (non-hydrogen) atoms. The lowest BCUT2D eigenvalue weighted by Crippen LogP contribution is -3.16. The highest BCUT2D eigenvalue weighted by Gasteiger charge is 2.29. The Hall–Kier alpha value is -1.34. The number of hydrogen-bond donors (Lipinski definition) is 2. The van der Waals surface area contributed by atoms with E-state index in [9.17, 15) is 9.59 Å². The molecule has 2 aliphatic rings. The molecule has 2 rings (SSSR count). The summed E-state index contributed by atoms with van der Waals surface area (Å²) in [7, 11) is 0. The maximum atomic E-state index is 12.2. The molecule has 1 unspecified atom stereocenters. The molecule has 0 saturated carbocycles. The molecule has 7 nitrogen and oxygen atoms in total. The molecule has 7 heteroatoms. The first-order chi connectivity index (χ1) is 11.0. The number of nitrogens with one attached hydrogen (secondary N) is 2. The van der Waals surface area contributed by atoms with Crippen LogP contribution >= 0.6 is 0 Å². The van der Waals surface area contributed by atoms with E-state index in [4.69, 9.17) is 9.47 Å². The fraction of sp³-hybridized carbons (Fsp3) is 0.875. The van der Waals surface area contributed by atoms with Gasteiger partial charge in [0.25, 0.3) is 5.91 Å². The van der Waals surface area contributed by atoms with Gasteiger partial charge in [0.1, 0.15) is 25.3 Å². The van der Waals surface area contributed by atoms with Crippen molar-refractivity contribution in [3.05, 3.63) is 0 Å². The molecule has 2 N–H and O–H groups in total. The lowest BCUT2D eigenvalue weighted by molar-refractivity contribution is -0.907. The number of nitrogens with zero attached hydrogens (tertiary/aromatic N) is 1. The summed E-state index contributed by atoms with van der Waals surface area (Å²) in [6.45, 7) is 9.84. The van der Waals surface area contributed by atoms with Crippen LogP contribution in [0.2, 0.25) is 0 Å². The molecule has 0 spiro atoms. The fourth-order valence-electron chi connectivity index (χ4n) is 3.46. The second-order valence-corrected chi connectivity index (χ2v) is 6.62. The van der Waals surface area contributed by atoms with Gasteiger partial charge in [-0.1, -0.05) is 0 Å². The van der Waals surface area contributed by atoms with Gasteiger partial charge in [0.05, 0.1) is 6.61 Å². The molecule has 2 amide bonds. The Bertz CT molecular complexity index is 400. The zero-order valence-electron chi connectivity index (χ0n) is 14.5. The third-order valence-electron chi connectivity index (χ3n) is 4.41. The van der Waals surface area contributed by atoms with Crippen molar-refractivity contribution < 1.29 is 24.0 Å². The molecule has 0 aliphatic carbocycles. The number of morpholine rings is 1. The summed E-state index contributed by atoms with van der Waals surface area (Å²) < 4.78 is 10.7. The van der Waals surface area contributed by atoms with Crippen molar-refractivity contribution in [3.8, 4) is 0 Å². The normalized spacial score (nSPS) is 29.2. The van der Waals surface area contributed by atoms with Gasteiger partial charge in [-0.3, -0.25) is 4.79 Å². The molecule has 2 fully saturated rings. The Kier molecular flexibility index (Phi) is 6.65. The van der Waals surface area contributed by atoms with Crippen LogP contribution in [0.15, 0.2) is 0 Å². The maximum absolute atomic E-state index is 12.2. The van der Waals surface area contributed by atoms with E-state index >= 15 is 0 Å². The van der Waals surface area contributed by atoms with Crippen LogP contribution < -0.4 is 10.2 Å². The largest absolute Gasteiger partial charge is 0.450 e. The van der Waals surface area contributed by atoms with E-state index in [1.54, 1.807) is 11.8 Å². The summed E-state index contributed by atoms with van der Waals surface area (Å²) in [5.74, 6) is 0.0934. The number of carbonyl (C=O) groups is 2. The van der Waals surface area contributed by atoms with E-state index in [0.29, 0.717) is 26.2 Å². The topological polar surface area (TPSA) is 72.3 Å². The summed E-state index contributed by atoms with van der Waals surface area (Å²) in [6, 6.07) is 0.156. The minimum Gasteiger partial charge on any atom is -0.450 e. The standard InChI is InChI=1S/C16H29N3O4/c1-4-22-16(21)19-7-5-14(6-8-19)17-15(20)11-18-9-12(2)23-13(3)10-18/h12-14H,4-11H2,1-3H3,(H,17,20)/p+1/t12-,13+. The van der Waals surface area contributed by atoms with E-state index in [1.165, 1.54) is 4.90 Å². The summed E-state index contributed by atoms with van der Waals surface area (Å²) in [6.07, 6.45) is 1.73. The molecule has 2 aliphatic heterocycles. The average Bonchev–Trinajstić information content (AvgIpc) is 2.47. The van der Waals surface area contributed by atoms with Gasteiger partial charge in [-0.15, -0.1) is 0 Å². The van der Waals surface area contributed by atoms with E-state index in [0.717, 1.165) is 25.9 Å². The number of piperidine rings is 1. The van der Waals surface area contributed by atoms with Crippen LogP contribution in [0.5, 0.6) is 0 Å². The van der Waals surface area contributed by atoms with Gasteiger partial charge in [-0.25, -0.2) is 4.79 Å². The molecule has 0 radical (unpaired) electrons. The molecule has 3 atom stereocenters. The first-order valence-corrected chi connectivity index (χ1v) is 8.68. The van der Waals surface area contributed by atoms with E-state index in [1.807, 2.05) is 0 Å². The minimum absolute atomic E-state index is 0.0934. The number of rotatable bonds is 4. The van der Waals surface area contributed by atoms with Gasteiger partial charge in [-0.2, -0.15) is 0 Å². The summed E-state index contributed by atoms with van der Waals surface area (Å²) >= 11 is 0. The minimum atomic E-state index is -0.252. The van der Waals surface area contributed by atoms with Crippen LogP contribution in [0.3, 0.4) is 0 Å². The van der Waals surface area contributed by atoms with Crippen LogP contribution in [0.1, 0.15) is 33.6 Å². The quantitative estimate of drug-likeness (QED) is 0.724. The molecule has 2 heterocycles. The number of quaternary nitrogens is 1. The smallest absolute Gasteiger partial charge is 0.409 e. The Balaban J connectivity index is 1.69. The molecule has 132 valence electrons. The number of carbonyl (C=O) groups excluding carboxylic acids is 2. The van der Waals surface area contributed by atoms with Gasteiger partial charge >= 0.3 is 6.09 Å². The molecular formula is C16H30N3O4+. The maximum Gasteiger partial charge on any atom is 0.409 e. The number of likely N-dealkylation sites (tertiary alicyclic amines) is 1. The summed E-state index contributed by atoms with van der Waals surface area (Å²) in [4.78, 5) is 26.9. The van der Waals surface area contributed by atoms with Crippen LogP contribution in [0, 0.1) is 0 Å². The Labute approximate surface area is 138 Å². The molecule has 0 bridgehead atoms. The second-order valence-electron chi connectivity index (χ2n) is 6.62. The van der Waals surface area contributed by atoms with E-state index in [-0.39, 0.29) is 30.3 Å². The lowest BCUT2D eigenvalue weighted by atomic mass is 10.1. The van der Waals surface area contributed by atoms with E-state index < -0.39 is 0 Å². The highest BCUT2D eigenvalue weighted by atomic mass is 16.6. The molecule has 0 aromatic carbocycles. The Morgan fingerprint density at radius 3 is 2.39 bits per heavy atom. The van der Waals surface area contributed by atoms with Crippen LogP contribution in [-0.2, 0) is 14.3 Å². The predicted octanol–water partition coefficient (Wildman–Crippen LogP) is -0.584. The van der Waals surface area contributed by atoms with Crippen molar-refractivity contribution in [2.45, 2.75) is 51.9 Å². The van der Waals surface area contributed by atoms with Crippen LogP contribution in [0.25, 0.3) is 0 Å². The van der Waals surface area contributed by atoms with Gasteiger partial charge in [0.15, 0.2) is 6.54 Å². The first-order valence-electron chi connectivity index (χ1n) is 8.68. The Morgan fingerprint density at radius 2 is 1.83 bits per heavy atom. The number of amides is 2. The molecular weight excluding hydrogens is 298 g/mol. The molecule has 2 saturated heterocycles. The van der Waals surface area contributed by atoms with Crippen molar-refractivity contribution in [3.63, 3.8) is 0 Å². The SMILES string of the molecule is CCOC(=O)N1CCC(NC(=O)C[NH+]2C[C@@H](C)O[C@@H](C)C2)CC1. The predicted molar refractivity (Wildman–Crippen MR) is 85.3 cm³/mol. The molecule has 0 aromatic heterocycles. The third-order valence-corrected chi connectivity index (χ3v) is 4.41. The zero-order chi connectivity index (χ0) is 16.8. The average molecular weight is 328 g/mol. The lowest BCUT2D eigenvalue weighted by Gasteiger charge is -2.33. The van der Waals surface area contributed by atoms with Crippen molar-refractivity contribution >= 4 is 12.0 Å². The number of ether oxygens (including phenoxy) is 2. The first kappa shape index (κ1) is 18.0. The summed E-state index contributed by atoms with van der Waals surface area (Å²) in [5, 5.41) is 3.11. The third kappa shape index (κ3) is 5.66. The van der Waals surface area contributed by atoms with Crippen LogP contribution in [0.4, 0.5) is 4.79 Å². The van der Waals surface area contributed by atoms with E-state index in [2.05, 4.69) is 19.2 Å². The van der Waals surface area contributed by atoms with Crippen molar-refractivity contribution in [1.29, 1.82) is 0 Å². The zero-order valence-corrected chi connectivity index (χ0v) is 14.5. The monoisotopic (exact) mass is 328 g/mol. The fourth-order valence-corrected chi connectivity index (χ4v) is 3.46. The molecule has 0 aromatic rings. The van der Waals surface area contributed by atoms with Gasteiger partial charge in [0, 0.05) is 19.1 Å². The van der Waals surface area contributed by atoms with Crippen molar-refractivity contribution in [1.82, 2.24) is 10.2 Å². The number of hydrogen-bond acceptors (Lipinski definition) is 4. The van der Waals surface area contributed by atoms with Gasteiger partial charge < -0.3 is 24.6 Å². The van der Waals surface area contributed by atoms with Gasteiger partial charge in [0.2, 0.25) is 0 Å². The van der Waals surface area contributed by atoms with Crippen molar-refractivity contribution in [2.24, 2.45) is 0 Å². The Morgan fingerprint density at radius 1 is 1.22 bits per heavy atom. The van der Waals surface area contributed by atoms with Crippen molar-refractivity contribution in [2.75, 3.05) is 39.3 Å². The summed E-state index contributed by atoms with van der Waals surface area (Å²) in [5.41, 5.74) is 0. The second kappa shape index (κ2) is 8.49. The highest BCUT2D eigenvalue weighted by molar-refractivity contribution is 5.77. The van der Waals surface area contributed by atoms with Crippen LogP contribution in [-0.4, -0.2) is 74.5 Å². The highest BCUT2D eigenvalue weighted by Crippen LogP contribution is 2.11.